The van der Waals surface area contributed by atoms with Gasteiger partial charge < -0.3 is 20.4 Å². The fraction of sp³-hybridized carbons (Fsp3) is 0.458. The SMILES string of the molecule is CN1CCN(c2nc(Nc3n[nH]cc3C3CC3)nc(Sc3ccc(NC(=O)C4CC4)cc3)n2)CC1. The van der Waals surface area contributed by atoms with Crippen molar-refractivity contribution in [2.75, 3.05) is 48.8 Å². The van der Waals surface area contributed by atoms with Gasteiger partial charge in [-0.2, -0.15) is 20.1 Å². The van der Waals surface area contributed by atoms with Gasteiger partial charge in [-0.15, -0.1) is 0 Å². The van der Waals surface area contributed by atoms with Crippen molar-refractivity contribution in [3.05, 3.63) is 36.0 Å². The Bertz CT molecular complexity index is 1200. The minimum absolute atomic E-state index is 0.110. The topological polar surface area (TPSA) is 115 Å². The number of carbonyl (C=O) groups excluding carboxylic acids is 1. The van der Waals surface area contributed by atoms with Crippen molar-refractivity contribution in [2.24, 2.45) is 5.92 Å². The van der Waals surface area contributed by atoms with Crippen LogP contribution in [0, 0.1) is 5.92 Å². The summed E-state index contributed by atoms with van der Waals surface area (Å²) in [7, 11) is 2.13. The lowest BCUT2D eigenvalue weighted by molar-refractivity contribution is -0.117. The largest absolute Gasteiger partial charge is 0.338 e. The van der Waals surface area contributed by atoms with Crippen molar-refractivity contribution in [1.82, 2.24) is 30.0 Å². The first-order valence-electron chi connectivity index (χ1n) is 12.2. The summed E-state index contributed by atoms with van der Waals surface area (Å²) in [5, 5.41) is 14.3. The number of hydrogen-bond acceptors (Lipinski definition) is 9. The highest BCUT2D eigenvalue weighted by Gasteiger charge is 2.30. The van der Waals surface area contributed by atoms with Crippen molar-refractivity contribution in [2.45, 2.75) is 41.7 Å². The Labute approximate surface area is 208 Å². The third kappa shape index (κ3) is 5.40. The van der Waals surface area contributed by atoms with E-state index in [0.717, 1.165) is 55.4 Å². The number of likely N-dealkylation sites (N-methyl/N-ethyl adjacent to an activating group) is 1. The van der Waals surface area contributed by atoms with E-state index in [-0.39, 0.29) is 11.8 Å². The lowest BCUT2D eigenvalue weighted by atomic mass is 10.2. The molecule has 182 valence electrons. The summed E-state index contributed by atoms with van der Waals surface area (Å²) in [5.74, 6) is 2.81. The van der Waals surface area contributed by atoms with Crippen LogP contribution in [0.25, 0.3) is 0 Å². The van der Waals surface area contributed by atoms with Gasteiger partial charge in [-0.05, 0) is 74.7 Å². The molecule has 11 heteroatoms. The summed E-state index contributed by atoms with van der Waals surface area (Å²) in [6.45, 7) is 3.68. The summed E-state index contributed by atoms with van der Waals surface area (Å²) < 4.78 is 0. The monoisotopic (exact) mass is 491 g/mol. The van der Waals surface area contributed by atoms with Crippen LogP contribution >= 0.6 is 11.8 Å². The molecule has 1 aromatic carbocycles. The molecule has 0 atom stereocenters. The van der Waals surface area contributed by atoms with Gasteiger partial charge in [-0.25, -0.2) is 0 Å². The second-order valence-corrected chi connectivity index (χ2v) is 10.6. The standard InChI is InChI=1S/C24H29N9OS/c1-32-10-12-33(13-11-32)23-28-22(27-20-19(14-25-31-20)15-2-3-15)29-24(30-23)35-18-8-6-17(7-9-18)26-21(34)16-4-5-16/h6-9,14-16H,2-5,10-13H2,1H3,(H,26,34)(H2,25,27,28,29,30,31). The quantitative estimate of drug-likeness (QED) is 0.436. The molecule has 2 aromatic heterocycles. The van der Waals surface area contributed by atoms with Crippen LogP contribution in [-0.2, 0) is 4.79 Å². The van der Waals surface area contributed by atoms with E-state index in [0.29, 0.717) is 23.0 Å². The molecule has 6 rings (SSSR count). The number of rotatable bonds is 8. The number of aromatic nitrogens is 5. The maximum atomic E-state index is 12.0. The number of benzene rings is 1. The van der Waals surface area contributed by atoms with E-state index in [2.05, 4.69) is 37.7 Å². The van der Waals surface area contributed by atoms with E-state index in [1.165, 1.54) is 30.2 Å². The molecule has 3 N–H and O–H groups in total. The Morgan fingerprint density at radius 1 is 1.03 bits per heavy atom. The molecule has 1 amide bonds. The van der Waals surface area contributed by atoms with E-state index in [1.54, 1.807) is 0 Å². The van der Waals surface area contributed by atoms with E-state index in [9.17, 15) is 4.79 Å². The third-order valence-corrected chi connectivity index (χ3v) is 7.46. The Balaban J connectivity index is 1.23. The third-order valence-electron chi connectivity index (χ3n) is 6.59. The van der Waals surface area contributed by atoms with Crippen LogP contribution in [0.3, 0.4) is 0 Å². The van der Waals surface area contributed by atoms with Gasteiger partial charge in [0.2, 0.25) is 17.8 Å². The van der Waals surface area contributed by atoms with E-state index in [1.807, 2.05) is 30.5 Å². The van der Waals surface area contributed by atoms with Crippen LogP contribution < -0.4 is 15.5 Å². The van der Waals surface area contributed by atoms with Crippen molar-refractivity contribution in [3.63, 3.8) is 0 Å². The summed E-state index contributed by atoms with van der Waals surface area (Å²) in [6.07, 6.45) is 6.32. The van der Waals surface area contributed by atoms with Crippen molar-refractivity contribution < 1.29 is 4.79 Å². The molecule has 0 radical (unpaired) electrons. The number of nitrogens with one attached hydrogen (secondary N) is 3. The number of aromatic amines is 1. The number of anilines is 4. The maximum absolute atomic E-state index is 12.0. The van der Waals surface area contributed by atoms with Gasteiger partial charge >= 0.3 is 0 Å². The predicted molar refractivity (Wildman–Crippen MR) is 135 cm³/mol. The molecule has 0 spiro atoms. The minimum Gasteiger partial charge on any atom is -0.338 e. The summed E-state index contributed by atoms with van der Waals surface area (Å²) >= 11 is 1.48. The van der Waals surface area contributed by atoms with Gasteiger partial charge in [0.1, 0.15) is 0 Å². The van der Waals surface area contributed by atoms with Gasteiger partial charge in [0.15, 0.2) is 11.0 Å². The van der Waals surface area contributed by atoms with E-state index in [4.69, 9.17) is 15.0 Å². The highest BCUT2D eigenvalue weighted by molar-refractivity contribution is 7.99. The summed E-state index contributed by atoms with van der Waals surface area (Å²) in [6, 6.07) is 7.82. The second-order valence-electron chi connectivity index (χ2n) is 9.51. The molecule has 0 bridgehead atoms. The number of H-pyrrole nitrogens is 1. The molecule has 3 aromatic rings. The number of carbonyl (C=O) groups is 1. The normalized spacial score (nSPS) is 18.5. The first kappa shape index (κ1) is 22.3. The Morgan fingerprint density at radius 2 is 1.80 bits per heavy atom. The zero-order valence-corrected chi connectivity index (χ0v) is 20.5. The van der Waals surface area contributed by atoms with Crippen LogP contribution in [0.1, 0.15) is 37.2 Å². The van der Waals surface area contributed by atoms with Crippen LogP contribution in [0.2, 0.25) is 0 Å². The van der Waals surface area contributed by atoms with E-state index >= 15 is 0 Å². The summed E-state index contributed by atoms with van der Waals surface area (Å²) in [5.41, 5.74) is 2.00. The fourth-order valence-electron chi connectivity index (χ4n) is 4.11. The van der Waals surface area contributed by atoms with Gasteiger partial charge in [-0.3, -0.25) is 9.89 Å². The van der Waals surface area contributed by atoms with Crippen LogP contribution in [0.15, 0.2) is 40.5 Å². The first-order valence-corrected chi connectivity index (χ1v) is 13.0. The molecule has 3 heterocycles. The number of piperazine rings is 1. The van der Waals surface area contributed by atoms with Gasteiger partial charge in [0.05, 0.1) is 0 Å². The molecule has 2 saturated carbocycles. The maximum Gasteiger partial charge on any atom is 0.234 e. The summed E-state index contributed by atoms with van der Waals surface area (Å²) in [4.78, 5) is 31.8. The number of amides is 1. The Hall–Kier alpha value is -3.18. The molecule has 3 fully saturated rings. The highest BCUT2D eigenvalue weighted by atomic mass is 32.2. The Kier molecular flexibility index (Phi) is 6.03. The Morgan fingerprint density at radius 3 is 2.51 bits per heavy atom. The average molecular weight is 492 g/mol. The number of nitrogens with zero attached hydrogens (tertiary/aromatic N) is 6. The molecule has 3 aliphatic rings. The minimum atomic E-state index is 0.110. The number of hydrogen-bond donors (Lipinski definition) is 3. The van der Waals surface area contributed by atoms with Crippen LogP contribution in [0.5, 0.6) is 0 Å². The van der Waals surface area contributed by atoms with Crippen molar-refractivity contribution >= 4 is 41.1 Å². The molecule has 1 aliphatic heterocycles. The average Bonchev–Trinajstić information content (AvgIpc) is 3.79. The molecule has 2 aliphatic carbocycles. The van der Waals surface area contributed by atoms with Gasteiger partial charge in [0, 0.05) is 54.4 Å². The smallest absolute Gasteiger partial charge is 0.234 e. The molecule has 10 nitrogen and oxygen atoms in total. The van der Waals surface area contributed by atoms with Crippen molar-refractivity contribution in [3.8, 4) is 0 Å². The lowest BCUT2D eigenvalue weighted by Gasteiger charge is -2.32. The van der Waals surface area contributed by atoms with Crippen molar-refractivity contribution in [1.29, 1.82) is 0 Å². The molecular formula is C24H29N9OS. The zero-order chi connectivity index (χ0) is 23.8. The first-order chi connectivity index (χ1) is 17.1. The van der Waals surface area contributed by atoms with E-state index < -0.39 is 0 Å². The predicted octanol–water partition coefficient (Wildman–Crippen LogP) is 3.47. The molecule has 0 unspecified atom stereocenters. The lowest BCUT2D eigenvalue weighted by Crippen LogP contribution is -2.45. The molecular weight excluding hydrogens is 462 g/mol. The fourth-order valence-corrected chi connectivity index (χ4v) is 4.85. The molecule has 35 heavy (non-hydrogen) atoms. The zero-order valence-electron chi connectivity index (χ0n) is 19.7. The van der Waals surface area contributed by atoms with Gasteiger partial charge in [0.25, 0.3) is 0 Å². The second kappa shape index (κ2) is 9.46. The van der Waals surface area contributed by atoms with Crippen LogP contribution in [-0.4, -0.2) is 69.2 Å². The van der Waals surface area contributed by atoms with Gasteiger partial charge in [-0.1, -0.05) is 0 Å². The highest BCUT2D eigenvalue weighted by Crippen LogP contribution is 2.43. The van der Waals surface area contributed by atoms with Crippen LogP contribution in [0.4, 0.5) is 23.4 Å². The molecule has 1 saturated heterocycles.